The SMILES string of the molecule is CN=C(NCC(C)Oc1ccccc1OC)NCC1CCOc2ccccc21. The smallest absolute Gasteiger partial charge is 0.191 e. The van der Waals surface area contributed by atoms with Crippen molar-refractivity contribution in [3.05, 3.63) is 54.1 Å². The lowest BCUT2D eigenvalue weighted by atomic mass is 9.93. The molecular formula is C22H29N3O3. The van der Waals surface area contributed by atoms with E-state index in [0.717, 1.165) is 42.8 Å². The first-order chi connectivity index (χ1) is 13.7. The zero-order chi connectivity index (χ0) is 19.8. The highest BCUT2D eigenvalue weighted by Crippen LogP contribution is 2.32. The predicted octanol–water partition coefficient (Wildman–Crippen LogP) is 3.19. The molecule has 2 N–H and O–H groups in total. The van der Waals surface area contributed by atoms with Crippen molar-refractivity contribution < 1.29 is 14.2 Å². The monoisotopic (exact) mass is 383 g/mol. The molecule has 2 aromatic carbocycles. The highest BCUT2D eigenvalue weighted by atomic mass is 16.5. The first-order valence-electron chi connectivity index (χ1n) is 9.67. The fraction of sp³-hybridized carbons (Fsp3) is 0.409. The topological polar surface area (TPSA) is 64.1 Å². The molecule has 2 unspecified atom stereocenters. The number of nitrogens with one attached hydrogen (secondary N) is 2. The molecule has 1 aliphatic rings. The number of fused-ring (bicyclic) bond motifs is 1. The molecule has 0 bridgehead atoms. The van der Waals surface area contributed by atoms with Crippen LogP contribution in [0, 0.1) is 0 Å². The van der Waals surface area contributed by atoms with Crippen molar-refractivity contribution in [2.24, 2.45) is 4.99 Å². The van der Waals surface area contributed by atoms with E-state index < -0.39 is 0 Å². The second-order valence-corrected chi connectivity index (χ2v) is 6.79. The summed E-state index contributed by atoms with van der Waals surface area (Å²) in [6, 6.07) is 15.9. The van der Waals surface area contributed by atoms with Crippen molar-refractivity contribution in [3.8, 4) is 17.2 Å². The Morgan fingerprint density at radius 1 is 1.14 bits per heavy atom. The van der Waals surface area contributed by atoms with Crippen LogP contribution in [0.1, 0.15) is 24.8 Å². The van der Waals surface area contributed by atoms with Crippen molar-refractivity contribution in [2.75, 3.05) is 33.9 Å². The molecule has 1 heterocycles. The summed E-state index contributed by atoms with van der Waals surface area (Å²) in [5.74, 6) is 3.63. The number of benzene rings is 2. The molecule has 6 heteroatoms. The summed E-state index contributed by atoms with van der Waals surface area (Å²) in [4.78, 5) is 4.32. The Hall–Kier alpha value is -2.89. The van der Waals surface area contributed by atoms with E-state index in [4.69, 9.17) is 14.2 Å². The van der Waals surface area contributed by atoms with E-state index in [1.807, 2.05) is 43.3 Å². The van der Waals surface area contributed by atoms with Gasteiger partial charge in [-0.2, -0.15) is 0 Å². The molecule has 2 atom stereocenters. The molecule has 0 fully saturated rings. The third kappa shape index (κ3) is 5.09. The van der Waals surface area contributed by atoms with Gasteiger partial charge in [0.05, 0.1) is 20.3 Å². The van der Waals surface area contributed by atoms with Crippen LogP contribution in [-0.4, -0.2) is 45.9 Å². The maximum atomic E-state index is 5.99. The van der Waals surface area contributed by atoms with E-state index >= 15 is 0 Å². The van der Waals surface area contributed by atoms with Gasteiger partial charge in [-0.15, -0.1) is 0 Å². The minimum Gasteiger partial charge on any atom is -0.493 e. The van der Waals surface area contributed by atoms with E-state index in [0.29, 0.717) is 12.5 Å². The van der Waals surface area contributed by atoms with Gasteiger partial charge in [-0.25, -0.2) is 0 Å². The number of aliphatic imine (C=N–C) groups is 1. The van der Waals surface area contributed by atoms with Crippen LogP contribution < -0.4 is 24.8 Å². The number of hydrogen-bond donors (Lipinski definition) is 2. The second-order valence-electron chi connectivity index (χ2n) is 6.79. The highest BCUT2D eigenvalue weighted by Gasteiger charge is 2.21. The molecule has 0 radical (unpaired) electrons. The second kappa shape index (κ2) is 9.88. The molecule has 28 heavy (non-hydrogen) atoms. The summed E-state index contributed by atoms with van der Waals surface area (Å²) in [5, 5.41) is 6.76. The molecule has 0 aromatic heterocycles. The number of hydrogen-bond acceptors (Lipinski definition) is 4. The van der Waals surface area contributed by atoms with Crippen LogP contribution in [-0.2, 0) is 0 Å². The van der Waals surface area contributed by atoms with E-state index in [1.165, 1.54) is 5.56 Å². The van der Waals surface area contributed by atoms with Gasteiger partial charge >= 0.3 is 0 Å². The van der Waals surface area contributed by atoms with Gasteiger partial charge in [0.15, 0.2) is 17.5 Å². The summed E-state index contributed by atoms with van der Waals surface area (Å²) in [6.07, 6.45) is 0.951. The van der Waals surface area contributed by atoms with Gasteiger partial charge < -0.3 is 24.8 Å². The molecule has 0 aliphatic carbocycles. The molecule has 150 valence electrons. The molecule has 0 amide bonds. The predicted molar refractivity (Wildman–Crippen MR) is 112 cm³/mol. The lowest BCUT2D eigenvalue weighted by Gasteiger charge is -2.27. The first kappa shape index (κ1) is 19.9. The maximum absolute atomic E-state index is 5.99. The third-order valence-corrected chi connectivity index (χ3v) is 4.78. The van der Waals surface area contributed by atoms with Crippen LogP contribution >= 0.6 is 0 Å². The lowest BCUT2D eigenvalue weighted by molar-refractivity contribution is 0.213. The number of guanidine groups is 1. The largest absolute Gasteiger partial charge is 0.493 e. The average Bonchev–Trinajstić information content (AvgIpc) is 2.74. The molecule has 0 saturated carbocycles. The minimum atomic E-state index is -0.0429. The standard InChI is InChI=1S/C22H29N3O3/c1-16(28-21-11-7-6-10-20(21)26-3)14-24-22(23-2)25-15-17-12-13-27-19-9-5-4-8-18(17)19/h4-11,16-17H,12-15H2,1-3H3,(H2,23,24,25). The molecular weight excluding hydrogens is 354 g/mol. The lowest BCUT2D eigenvalue weighted by Crippen LogP contribution is -2.43. The van der Waals surface area contributed by atoms with Crippen LogP contribution in [0.4, 0.5) is 0 Å². The summed E-state index contributed by atoms with van der Waals surface area (Å²) in [6.45, 7) is 4.20. The van der Waals surface area contributed by atoms with Crippen LogP contribution in [0.3, 0.4) is 0 Å². The van der Waals surface area contributed by atoms with Crippen molar-refractivity contribution >= 4 is 5.96 Å². The Kier molecular flexibility index (Phi) is 7.00. The van der Waals surface area contributed by atoms with Gasteiger partial charge in [0.2, 0.25) is 0 Å². The Bertz CT molecular complexity index is 794. The van der Waals surface area contributed by atoms with E-state index in [2.05, 4.69) is 27.8 Å². The Balaban J connectivity index is 1.49. The number of nitrogens with zero attached hydrogens (tertiary/aromatic N) is 1. The Morgan fingerprint density at radius 2 is 1.89 bits per heavy atom. The summed E-state index contributed by atoms with van der Waals surface area (Å²) >= 11 is 0. The number of para-hydroxylation sites is 3. The molecule has 0 saturated heterocycles. The minimum absolute atomic E-state index is 0.0429. The van der Waals surface area contributed by atoms with Gasteiger partial charge in [-0.05, 0) is 37.1 Å². The molecule has 0 spiro atoms. The van der Waals surface area contributed by atoms with E-state index in [-0.39, 0.29) is 6.10 Å². The average molecular weight is 383 g/mol. The molecule has 2 aromatic rings. The summed E-state index contributed by atoms with van der Waals surface area (Å²) < 4.78 is 17.1. The van der Waals surface area contributed by atoms with E-state index in [9.17, 15) is 0 Å². The van der Waals surface area contributed by atoms with Crippen molar-refractivity contribution in [2.45, 2.75) is 25.4 Å². The number of rotatable bonds is 7. The molecule has 3 rings (SSSR count). The number of ether oxygens (including phenoxy) is 3. The van der Waals surface area contributed by atoms with Crippen molar-refractivity contribution in [1.29, 1.82) is 0 Å². The zero-order valence-electron chi connectivity index (χ0n) is 16.8. The normalized spacial score (nSPS) is 17.1. The quantitative estimate of drug-likeness (QED) is 0.568. The first-order valence-corrected chi connectivity index (χ1v) is 9.67. The fourth-order valence-corrected chi connectivity index (χ4v) is 3.28. The third-order valence-electron chi connectivity index (χ3n) is 4.78. The van der Waals surface area contributed by atoms with Crippen molar-refractivity contribution in [3.63, 3.8) is 0 Å². The summed E-state index contributed by atoms with van der Waals surface area (Å²) in [7, 11) is 3.42. The van der Waals surface area contributed by atoms with Gasteiger partial charge in [0.25, 0.3) is 0 Å². The Morgan fingerprint density at radius 3 is 2.68 bits per heavy atom. The van der Waals surface area contributed by atoms with Crippen LogP contribution in [0.5, 0.6) is 17.2 Å². The summed E-state index contributed by atoms with van der Waals surface area (Å²) in [5.41, 5.74) is 1.25. The van der Waals surface area contributed by atoms with Crippen LogP contribution in [0.15, 0.2) is 53.5 Å². The van der Waals surface area contributed by atoms with Gasteiger partial charge in [-0.1, -0.05) is 30.3 Å². The highest BCUT2D eigenvalue weighted by molar-refractivity contribution is 5.79. The van der Waals surface area contributed by atoms with Crippen LogP contribution in [0.2, 0.25) is 0 Å². The van der Waals surface area contributed by atoms with E-state index in [1.54, 1.807) is 14.2 Å². The van der Waals surface area contributed by atoms with Crippen molar-refractivity contribution in [1.82, 2.24) is 10.6 Å². The number of methoxy groups -OCH3 is 1. The Labute approximate surface area is 166 Å². The van der Waals surface area contributed by atoms with Gasteiger partial charge in [-0.3, -0.25) is 4.99 Å². The zero-order valence-corrected chi connectivity index (χ0v) is 16.8. The maximum Gasteiger partial charge on any atom is 0.191 e. The van der Waals surface area contributed by atoms with Gasteiger partial charge in [0.1, 0.15) is 11.9 Å². The van der Waals surface area contributed by atoms with Crippen LogP contribution in [0.25, 0.3) is 0 Å². The fourth-order valence-electron chi connectivity index (χ4n) is 3.28. The molecule has 1 aliphatic heterocycles. The van der Waals surface area contributed by atoms with Gasteiger partial charge in [0, 0.05) is 19.5 Å². The molecule has 6 nitrogen and oxygen atoms in total.